The highest BCUT2D eigenvalue weighted by Crippen LogP contribution is 2.28. The lowest BCUT2D eigenvalue weighted by atomic mass is 10.1. The van der Waals surface area contributed by atoms with Crippen LogP contribution in [0, 0.1) is 0 Å². The first kappa shape index (κ1) is 18.0. The van der Waals surface area contributed by atoms with Crippen LogP contribution in [0.15, 0.2) is 66.9 Å². The summed E-state index contributed by atoms with van der Waals surface area (Å²) in [6.07, 6.45) is -3.09. The number of fused-ring (bicyclic) bond motifs is 1. The van der Waals surface area contributed by atoms with Crippen LogP contribution in [0.2, 0.25) is 0 Å². The molecule has 0 saturated carbocycles. The molecule has 0 radical (unpaired) electrons. The molecule has 0 bridgehead atoms. The molecular weight excluding hydrogens is 371 g/mol. The second kappa shape index (κ2) is 6.97. The van der Waals surface area contributed by atoms with E-state index in [9.17, 15) is 18.3 Å². The van der Waals surface area contributed by atoms with Crippen molar-refractivity contribution < 1.29 is 23.0 Å². The van der Waals surface area contributed by atoms with Gasteiger partial charge in [-0.2, -0.15) is 5.10 Å². The summed E-state index contributed by atoms with van der Waals surface area (Å²) in [7, 11) is 0. The summed E-state index contributed by atoms with van der Waals surface area (Å²) < 4.78 is 43.0. The van der Waals surface area contributed by atoms with Crippen molar-refractivity contribution in [3.8, 4) is 28.3 Å². The van der Waals surface area contributed by atoms with Crippen molar-refractivity contribution in [3.05, 3.63) is 72.4 Å². The first-order valence-corrected chi connectivity index (χ1v) is 8.34. The van der Waals surface area contributed by atoms with Crippen LogP contribution in [0.1, 0.15) is 5.56 Å². The molecule has 0 aliphatic heterocycles. The van der Waals surface area contributed by atoms with Gasteiger partial charge in [0, 0.05) is 11.1 Å². The van der Waals surface area contributed by atoms with E-state index in [1.54, 1.807) is 41.0 Å². The zero-order valence-corrected chi connectivity index (χ0v) is 14.4. The summed E-state index contributed by atoms with van der Waals surface area (Å²) in [5.74, 6) is -0.308. The minimum absolute atomic E-state index is 0.0494. The number of hydrogen-bond acceptors (Lipinski definition) is 4. The van der Waals surface area contributed by atoms with Crippen LogP contribution in [0.5, 0.6) is 5.75 Å². The lowest BCUT2D eigenvalue weighted by Crippen LogP contribution is -2.17. The number of aromatic nitrogens is 3. The number of hydrogen-bond donors (Lipinski definition) is 1. The lowest BCUT2D eigenvalue weighted by molar-refractivity contribution is -0.274. The minimum Gasteiger partial charge on any atom is -0.406 e. The smallest absolute Gasteiger partial charge is 0.406 e. The van der Waals surface area contributed by atoms with Gasteiger partial charge in [0.05, 0.1) is 24.2 Å². The molecule has 2 aromatic heterocycles. The van der Waals surface area contributed by atoms with E-state index in [1.807, 2.05) is 12.1 Å². The highest BCUT2D eigenvalue weighted by molar-refractivity contribution is 5.66. The van der Waals surface area contributed by atoms with Gasteiger partial charge in [-0.3, -0.25) is 0 Å². The number of alkyl halides is 3. The molecule has 8 heteroatoms. The summed E-state index contributed by atoms with van der Waals surface area (Å²) in [4.78, 5) is 4.32. The Morgan fingerprint density at radius 1 is 0.964 bits per heavy atom. The highest BCUT2D eigenvalue weighted by Gasteiger charge is 2.31. The van der Waals surface area contributed by atoms with Gasteiger partial charge in [0.15, 0.2) is 5.65 Å². The monoisotopic (exact) mass is 385 g/mol. The van der Waals surface area contributed by atoms with E-state index in [4.69, 9.17) is 0 Å². The third-order valence-electron chi connectivity index (χ3n) is 4.16. The van der Waals surface area contributed by atoms with Crippen molar-refractivity contribution >= 4 is 5.65 Å². The Kier molecular flexibility index (Phi) is 4.48. The molecule has 0 aliphatic rings. The minimum atomic E-state index is -4.76. The van der Waals surface area contributed by atoms with E-state index in [0.29, 0.717) is 16.9 Å². The summed E-state index contributed by atoms with van der Waals surface area (Å²) in [5, 5.41) is 13.7. The molecule has 0 unspecified atom stereocenters. The van der Waals surface area contributed by atoms with Gasteiger partial charge >= 0.3 is 6.36 Å². The number of halogens is 3. The summed E-state index contributed by atoms with van der Waals surface area (Å²) >= 11 is 0. The fourth-order valence-electron chi connectivity index (χ4n) is 2.86. The average Bonchev–Trinajstić information content (AvgIpc) is 3.10. The lowest BCUT2D eigenvalue weighted by Gasteiger charge is -2.10. The number of ether oxygens (including phenoxy) is 1. The van der Waals surface area contributed by atoms with Crippen LogP contribution in [-0.2, 0) is 6.61 Å². The highest BCUT2D eigenvalue weighted by atomic mass is 19.4. The molecule has 0 amide bonds. The van der Waals surface area contributed by atoms with Crippen molar-refractivity contribution in [3.63, 3.8) is 0 Å². The normalized spacial score (nSPS) is 11.7. The molecule has 2 aromatic carbocycles. The van der Waals surface area contributed by atoms with E-state index >= 15 is 0 Å². The topological polar surface area (TPSA) is 59.7 Å². The maximum Gasteiger partial charge on any atom is 0.573 e. The van der Waals surface area contributed by atoms with Crippen LogP contribution < -0.4 is 4.74 Å². The average molecular weight is 385 g/mol. The quantitative estimate of drug-likeness (QED) is 0.564. The molecule has 2 heterocycles. The molecule has 142 valence electrons. The first-order chi connectivity index (χ1) is 13.4. The van der Waals surface area contributed by atoms with Gasteiger partial charge in [-0.1, -0.05) is 36.4 Å². The number of rotatable bonds is 4. The fraction of sp³-hybridized carbons (Fsp3) is 0.100. The first-order valence-electron chi connectivity index (χ1n) is 8.34. The van der Waals surface area contributed by atoms with Gasteiger partial charge in [0.25, 0.3) is 0 Å². The molecule has 0 atom stereocenters. The summed E-state index contributed by atoms with van der Waals surface area (Å²) in [6, 6.07) is 16.4. The number of nitrogens with zero attached hydrogens (tertiary/aromatic N) is 3. The zero-order valence-electron chi connectivity index (χ0n) is 14.4. The molecule has 1 N–H and O–H groups in total. The molecule has 0 spiro atoms. The van der Waals surface area contributed by atoms with Crippen molar-refractivity contribution in [1.82, 2.24) is 14.6 Å². The Bertz CT molecular complexity index is 1120. The SMILES string of the molecule is OCc1ccc(-c2cnc3ccc(-c4cccc(OC(F)(F)F)c4)nn23)cc1. The van der Waals surface area contributed by atoms with E-state index < -0.39 is 6.36 Å². The van der Waals surface area contributed by atoms with Crippen LogP contribution in [0.3, 0.4) is 0 Å². The van der Waals surface area contributed by atoms with Gasteiger partial charge in [0.1, 0.15) is 5.75 Å². The zero-order chi connectivity index (χ0) is 19.7. The maximum atomic E-state index is 12.5. The summed E-state index contributed by atoms with van der Waals surface area (Å²) in [6.45, 7) is -0.0494. The van der Waals surface area contributed by atoms with Gasteiger partial charge in [-0.05, 0) is 29.8 Å². The molecule has 0 saturated heterocycles. The molecular formula is C20H14F3N3O2. The predicted molar refractivity (Wildman–Crippen MR) is 96.5 cm³/mol. The van der Waals surface area contributed by atoms with Crippen LogP contribution in [0.25, 0.3) is 28.2 Å². The van der Waals surface area contributed by atoms with Gasteiger partial charge in [0.2, 0.25) is 0 Å². The van der Waals surface area contributed by atoms with Crippen molar-refractivity contribution in [2.24, 2.45) is 0 Å². The Morgan fingerprint density at radius 3 is 2.46 bits per heavy atom. The Hall–Kier alpha value is -3.39. The predicted octanol–water partition coefficient (Wildman–Crippen LogP) is 4.45. The van der Waals surface area contributed by atoms with E-state index in [2.05, 4.69) is 14.8 Å². The molecule has 5 nitrogen and oxygen atoms in total. The number of aliphatic hydroxyl groups excluding tert-OH is 1. The summed E-state index contributed by atoms with van der Waals surface area (Å²) in [5.41, 5.74) is 3.93. The Labute approximate surface area is 157 Å². The Morgan fingerprint density at radius 2 is 1.75 bits per heavy atom. The third kappa shape index (κ3) is 3.67. The second-order valence-electron chi connectivity index (χ2n) is 6.06. The Balaban J connectivity index is 1.74. The maximum absolute atomic E-state index is 12.5. The fourth-order valence-corrected chi connectivity index (χ4v) is 2.86. The van der Waals surface area contributed by atoms with Gasteiger partial charge < -0.3 is 9.84 Å². The van der Waals surface area contributed by atoms with Crippen molar-refractivity contribution in [1.29, 1.82) is 0 Å². The largest absolute Gasteiger partial charge is 0.573 e. The van der Waals surface area contributed by atoms with E-state index in [0.717, 1.165) is 16.8 Å². The molecule has 0 fully saturated rings. The van der Waals surface area contributed by atoms with E-state index in [-0.39, 0.29) is 12.4 Å². The van der Waals surface area contributed by atoms with Crippen molar-refractivity contribution in [2.45, 2.75) is 13.0 Å². The molecule has 4 aromatic rings. The van der Waals surface area contributed by atoms with Crippen LogP contribution in [0.4, 0.5) is 13.2 Å². The number of imidazole rings is 1. The molecule has 0 aliphatic carbocycles. The number of aliphatic hydroxyl groups is 1. The molecule has 4 rings (SSSR count). The second-order valence-corrected chi connectivity index (χ2v) is 6.06. The number of benzene rings is 2. The van der Waals surface area contributed by atoms with Crippen molar-refractivity contribution in [2.75, 3.05) is 0 Å². The molecule has 28 heavy (non-hydrogen) atoms. The van der Waals surface area contributed by atoms with Crippen LogP contribution in [-0.4, -0.2) is 26.1 Å². The van der Waals surface area contributed by atoms with Gasteiger partial charge in [-0.25, -0.2) is 9.50 Å². The third-order valence-corrected chi connectivity index (χ3v) is 4.16. The van der Waals surface area contributed by atoms with Crippen LogP contribution >= 0.6 is 0 Å². The van der Waals surface area contributed by atoms with Gasteiger partial charge in [-0.15, -0.1) is 13.2 Å². The standard InChI is InChI=1S/C20H14F3N3O2/c21-20(22,23)28-16-3-1-2-15(10-16)17-8-9-19-24-11-18(26(19)25-17)14-6-4-13(12-27)5-7-14/h1-11,27H,12H2. The van der Waals surface area contributed by atoms with E-state index in [1.165, 1.54) is 18.2 Å².